The number of benzene rings is 1. The summed E-state index contributed by atoms with van der Waals surface area (Å²) in [4.78, 5) is 14.5. The first-order valence-electron chi connectivity index (χ1n) is 12.3. The van der Waals surface area contributed by atoms with E-state index in [1.807, 2.05) is 44.1 Å². The highest BCUT2D eigenvalue weighted by Crippen LogP contribution is 2.61. The lowest BCUT2D eigenvalue weighted by Crippen LogP contribution is -2.57. The van der Waals surface area contributed by atoms with Crippen molar-refractivity contribution >= 4 is 17.7 Å². The van der Waals surface area contributed by atoms with Gasteiger partial charge in [0.05, 0.1) is 18.3 Å². The van der Waals surface area contributed by atoms with E-state index in [1.54, 1.807) is 24.3 Å². The van der Waals surface area contributed by atoms with Gasteiger partial charge in [-0.25, -0.2) is 4.79 Å². The SMILES string of the molecule is C=C1CCC2[C@](C)(CC[C@@H](O)[C@@]2(C)CO)C1C=CC1=CC(=Cc2ccc(N(C)C)cc2O)OC1=O. The van der Waals surface area contributed by atoms with Crippen molar-refractivity contribution in [3.8, 4) is 5.75 Å². The largest absolute Gasteiger partial charge is 0.507 e. The average molecular weight is 480 g/mol. The molecule has 188 valence electrons. The van der Waals surface area contributed by atoms with Gasteiger partial charge in [-0.2, -0.15) is 0 Å². The number of ether oxygens (including phenoxy) is 1. The highest BCUT2D eigenvalue weighted by atomic mass is 16.5. The summed E-state index contributed by atoms with van der Waals surface area (Å²) in [5, 5.41) is 31.2. The smallest absolute Gasteiger partial charge is 0.343 e. The number of esters is 1. The van der Waals surface area contributed by atoms with Crippen molar-refractivity contribution in [3.63, 3.8) is 0 Å². The molecule has 0 aromatic heterocycles. The number of hydrogen-bond donors (Lipinski definition) is 3. The summed E-state index contributed by atoms with van der Waals surface area (Å²) in [6.07, 6.45) is 9.85. The molecule has 3 N–H and O–H groups in total. The number of fused-ring (bicyclic) bond motifs is 1. The van der Waals surface area contributed by atoms with Crippen molar-refractivity contribution < 1.29 is 24.9 Å². The molecule has 1 aromatic rings. The van der Waals surface area contributed by atoms with Crippen molar-refractivity contribution in [3.05, 3.63) is 65.5 Å². The molecule has 4 rings (SSSR count). The van der Waals surface area contributed by atoms with Gasteiger partial charge in [-0.05, 0) is 61.3 Å². The van der Waals surface area contributed by atoms with Gasteiger partial charge in [0.15, 0.2) is 0 Å². The summed E-state index contributed by atoms with van der Waals surface area (Å²) in [5.74, 6) is 0.240. The lowest BCUT2D eigenvalue weighted by atomic mass is 9.46. The van der Waals surface area contributed by atoms with Crippen LogP contribution in [-0.2, 0) is 9.53 Å². The van der Waals surface area contributed by atoms with Crippen LogP contribution in [-0.4, -0.2) is 48.1 Å². The van der Waals surface area contributed by atoms with E-state index in [9.17, 15) is 20.1 Å². The Morgan fingerprint density at radius 2 is 2.00 bits per heavy atom. The molecule has 1 aliphatic heterocycles. The topological polar surface area (TPSA) is 90.2 Å². The summed E-state index contributed by atoms with van der Waals surface area (Å²) in [7, 11) is 3.80. The Bertz CT molecular complexity index is 1120. The first-order chi connectivity index (χ1) is 16.5. The van der Waals surface area contributed by atoms with Crippen molar-refractivity contribution in [1.29, 1.82) is 0 Å². The molecule has 0 spiro atoms. The number of anilines is 1. The van der Waals surface area contributed by atoms with Crippen molar-refractivity contribution in [2.45, 2.75) is 45.6 Å². The normalized spacial score (nSPS) is 34.2. The van der Waals surface area contributed by atoms with Crippen molar-refractivity contribution in [2.24, 2.45) is 22.7 Å². The van der Waals surface area contributed by atoms with Crippen LogP contribution in [0.2, 0.25) is 0 Å². The van der Waals surface area contributed by atoms with E-state index < -0.39 is 17.5 Å². The number of aliphatic hydroxyl groups is 2. The molecule has 2 unspecified atom stereocenters. The summed E-state index contributed by atoms with van der Waals surface area (Å²) in [5.41, 5.74) is 2.29. The lowest BCUT2D eigenvalue weighted by molar-refractivity contribution is -0.145. The minimum absolute atomic E-state index is 0.0315. The number of aliphatic hydroxyl groups excluding tert-OH is 2. The van der Waals surface area contributed by atoms with Gasteiger partial charge in [0.1, 0.15) is 11.5 Å². The fraction of sp³-hybridized carbons (Fsp3) is 0.483. The highest BCUT2D eigenvalue weighted by molar-refractivity contribution is 5.96. The molecular weight excluding hydrogens is 442 g/mol. The minimum atomic E-state index is -0.550. The Hall–Kier alpha value is -2.83. The Morgan fingerprint density at radius 3 is 2.66 bits per heavy atom. The van der Waals surface area contributed by atoms with Crippen LogP contribution in [0.1, 0.15) is 45.1 Å². The summed E-state index contributed by atoms with van der Waals surface area (Å²) >= 11 is 0. The van der Waals surface area contributed by atoms with E-state index >= 15 is 0 Å². The highest BCUT2D eigenvalue weighted by Gasteiger charge is 2.57. The number of phenols is 1. The van der Waals surface area contributed by atoms with E-state index in [2.05, 4.69) is 13.5 Å². The van der Waals surface area contributed by atoms with Crippen LogP contribution in [0.15, 0.2) is 59.9 Å². The number of nitrogens with zero attached hydrogens (tertiary/aromatic N) is 1. The molecule has 2 saturated carbocycles. The Balaban J connectivity index is 1.59. The van der Waals surface area contributed by atoms with Gasteiger partial charge >= 0.3 is 5.97 Å². The van der Waals surface area contributed by atoms with Gasteiger partial charge in [-0.1, -0.05) is 38.2 Å². The molecule has 0 radical (unpaired) electrons. The third-order valence-electron chi connectivity index (χ3n) is 8.60. The second-order valence-electron chi connectivity index (χ2n) is 11.0. The van der Waals surface area contributed by atoms with Crippen LogP contribution in [0.4, 0.5) is 5.69 Å². The maximum atomic E-state index is 12.6. The summed E-state index contributed by atoms with van der Waals surface area (Å²) in [6.45, 7) is 8.50. The van der Waals surface area contributed by atoms with E-state index in [4.69, 9.17) is 4.74 Å². The number of phenolic OH excluding ortho intramolecular Hbond substituents is 1. The molecule has 0 bridgehead atoms. The van der Waals surface area contributed by atoms with Gasteiger partial charge in [0.25, 0.3) is 0 Å². The quantitative estimate of drug-likeness (QED) is 0.423. The zero-order chi connectivity index (χ0) is 25.5. The number of cyclic esters (lactones) is 1. The van der Waals surface area contributed by atoms with Crippen LogP contribution >= 0.6 is 0 Å². The van der Waals surface area contributed by atoms with Gasteiger partial charge in [0.2, 0.25) is 0 Å². The number of carbonyl (C=O) groups excluding carboxylic acids is 1. The Kier molecular flexibility index (Phi) is 6.73. The van der Waals surface area contributed by atoms with Gasteiger partial charge < -0.3 is 25.0 Å². The third-order valence-corrected chi connectivity index (χ3v) is 8.60. The molecule has 2 aliphatic carbocycles. The second-order valence-corrected chi connectivity index (χ2v) is 11.0. The second kappa shape index (κ2) is 9.32. The molecule has 3 aliphatic rings. The minimum Gasteiger partial charge on any atom is -0.507 e. The zero-order valence-corrected chi connectivity index (χ0v) is 21.1. The Labute approximate surface area is 207 Å². The maximum Gasteiger partial charge on any atom is 0.343 e. The summed E-state index contributed by atoms with van der Waals surface area (Å²) in [6, 6.07) is 5.34. The number of hydrogen-bond acceptors (Lipinski definition) is 6. The fourth-order valence-electron chi connectivity index (χ4n) is 6.37. The summed E-state index contributed by atoms with van der Waals surface area (Å²) < 4.78 is 5.44. The molecule has 2 fully saturated rings. The molecule has 35 heavy (non-hydrogen) atoms. The first-order valence-corrected chi connectivity index (χ1v) is 12.3. The Morgan fingerprint density at radius 1 is 1.26 bits per heavy atom. The van der Waals surface area contributed by atoms with Gasteiger partial charge in [-0.15, -0.1) is 0 Å². The molecule has 6 heteroatoms. The average Bonchev–Trinajstić information content (AvgIpc) is 3.16. The molecule has 0 amide bonds. The first kappa shape index (κ1) is 25.3. The van der Waals surface area contributed by atoms with Crippen LogP contribution in [0.5, 0.6) is 5.75 Å². The number of aromatic hydroxyl groups is 1. The number of allylic oxidation sites excluding steroid dienone is 3. The van der Waals surface area contributed by atoms with E-state index in [0.29, 0.717) is 23.3 Å². The van der Waals surface area contributed by atoms with Crippen LogP contribution in [0.25, 0.3) is 6.08 Å². The van der Waals surface area contributed by atoms with Gasteiger partial charge in [-0.3, -0.25) is 0 Å². The van der Waals surface area contributed by atoms with Crippen LogP contribution in [0, 0.1) is 22.7 Å². The fourth-order valence-corrected chi connectivity index (χ4v) is 6.37. The van der Waals surface area contributed by atoms with Crippen LogP contribution < -0.4 is 4.90 Å². The molecule has 1 aromatic carbocycles. The van der Waals surface area contributed by atoms with Crippen molar-refractivity contribution in [2.75, 3.05) is 25.6 Å². The standard InChI is InChI=1S/C29H37NO5/c1-18-6-11-25-28(2,13-12-26(33)29(25,3)17-31)23(18)10-8-20-15-22(35-27(20)34)14-19-7-9-21(30(4)5)16-24(19)32/h7-10,14-16,23,25-26,31-33H,1,6,11-13,17H2,2-5H3/t23?,25?,26-,28-,29+/m1/s1. The van der Waals surface area contributed by atoms with Crippen LogP contribution in [0.3, 0.4) is 0 Å². The predicted molar refractivity (Wildman–Crippen MR) is 138 cm³/mol. The number of rotatable bonds is 5. The molecule has 6 nitrogen and oxygen atoms in total. The van der Waals surface area contributed by atoms with Gasteiger partial charge in [0, 0.05) is 42.7 Å². The molecule has 5 atom stereocenters. The molecular formula is C29H37NO5. The predicted octanol–water partition coefficient (Wildman–Crippen LogP) is 4.58. The molecule has 1 heterocycles. The molecule has 0 saturated heterocycles. The van der Waals surface area contributed by atoms with E-state index in [1.165, 1.54) is 0 Å². The van der Waals surface area contributed by atoms with E-state index in [0.717, 1.165) is 30.5 Å². The number of carbonyl (C=O) groups is 1. The monoisotopic (exact) mass is 479 g/mol. The van der Waals surface area contributed by atoms with Crippen molar-refractivity contribution in [1.82, 2.24) is 0 Å². The van der Waals surface area contributed by atoms with E-state index in [-0.39, 0.29) is 29.6 Å². The lowest BCUT2D eigenvalue weighted by Gasteiger charge is -2.59. The maximum absolute atomic E-state index is 12.6. The third kappa shape index (κ3) is 4.45. The zero-order valence-electron chi connectivity index (χ0n) is 21.1.